The van der Waals surface area contributed by atoms with Gasteiger partial charge < -0.3 is 19.2 Å². The molecule has 0 radical (unpaired) electrons. The normalized spacial score (nSPS) is 20.2. The summed E-state index contributed by atoms with van der Waals surface area (Å²) in [6.45, 7) is 8.54. The van der Waals surface area contributed by atoms with E-state index in [-0.39, 0.29) is 12.2 Å². The van der Waals surface area contributed by atoms with E-state index in [1.807, 2.05) is 24.3 Å². The van der Waals surface area contributed by atoms with Crippen molar-refractivity contribution in [1.29, 1.82) is 0 Å². The Kier molecular flexibility index (Phi) is 5.99. The van der Waals surface area contributed by atoms with Gasteiger partial charge in [-0.15, -0.1) is 0 Å². The van der Waals surface area contributed by atoms with Gasteiger partial charge in [-0.2, -0.15) is 5.10 Å². The Labute approximate surface area is 193 Å². The van der Waals surface area contributed by atoms with Crippen LogP contribution < -0.4 is 9.64 Å². The van der Waals surface area contributed by atoms with E-state index in [1.54, 1.807) is 6.33 Å². The second kappa shape index (κ2) is 9.07. The van der Waals surface area contributed by atoms with Crippen molar-refractivity contribution in [2.75, 3.05) is 44.3 Å². The lowest BCUT2D eigenvalue weighted by Crippen LogP contribution is -2.53. The Morgan fingerprint density at radius 3 is 2.91 bits per heavy atom. The maximum atomic E-state index is 10.4. The molecule has 0 bridgehead atoms. The van der Waals surface area contributed by atoms with E-state index in [0.717, 1.165) is 79.2 Å². The molecule has 1 unspecified atom stereocenters. The van der Waals surface area contributed by atoms with E-state index in [1.165, 1.54) is 0 Å². The number of ether oxygens (including phenoxy) is 2. The molecule has 1 saturated heterocycles. The van der Waals surface area contributed by atoms with Crippen molar-refractivity contribution in [1.82, 2.24) is 25.1 Å². The second-order valence-corrected chi connectivity index (χ2v) is 9.17. The maximum Gasteiger partial charge on any atom is 0.145 e. The fourth-order valence-corrected chi connectivity index (χ4v) is 4.31. The number of benzene rings is 1. The van der Waals surface area contributed by atoms with Crippen molar-refractivity contribution in [3.63, 3.8) is 0 Å². The molecule has 5 rings (SSSR count). The summed E-state index contributed by atoms with van der Waals surface area (Å²) in [7, 11) is 0. The summed E-state index contributed by atoms with van der Waals surface area (Å²) < 4.78 is 11.5. The summed E-state index contributed by atoms with van der Waals surface area (Å²) in [5, 5.41) is 8.65. The highest BCUT2D eigenvalue weighted by Gasteiger charge is 2.40. The topological polar surface area (TPSA) is 96.5 Å². The predicted octanol–water partition coefficient (Wildman–Crippen LogP) is 2.68. The number of nitrogens with zero attached hydrogens (tertiary/aromatic N) is 5. The fraction of sp³-hybridized carbons (Fsp3) is 0.500. The minimum absolute atomic E-state index is 0.0287. The molecule has 3 heterocycles. The number of carbonyl (C=O) groups is 1. The molecule has 174 valence electrons. The van der Waals surface area contributed by atoms with Crippen LogP contribution in [0, 0.1) is 0 Å². The zero-order valence-corrected chi connectivity index (χ0v) is 19.2. The van der Waals surface area contributed by atoms with Gasteiger partial charge >= 0.3 is 0 Å². The highest BCUT2D eigenvalue weighted by Crippen LogP contribution is 2.40. The highest BCUT2D eigenvalue weighted by molar-refractivity contribution is 5.93. The Bertz CT molecular complexity index is 1130. The number of hydrogen-bond donors (Lipinski definition) is 1. The number of fused-ring (bicyclic) bond motifs is 1. The van der Waals surface area contributed by atoms with Gasteiger partial charge in [0.05, 0.1) is 17.8 Å². The summed E-state index contributed by atoms with van der Waals surface area (Å²) in [5.41, 5.74) is 2.52. The lowest BCUT2D eigenvalue weighted by atomic mass is 10.1. The van der Waals surface area contributed by atoms with Crippen LogP contribution in [-0.4, -0.2) is 82.4 Å². The van der Waals surface area contributed by atoms with Crippen LogP contribution >= 0.6 is 0 Å². The number of nitrogens with one attached hydrogen (secondary N) is 1. The molecule has 0 amide bonds. The summed E-state index contributed by atoms with van der Waals surface area (Å²) >= 11 is 0. The quantitative estimate of drug-likeness (QED) is 0.393. The standard InChI is InChI=1S/C24H30N6O3/c1-17-15-30(8-7-29(17)9-11-32-12-10-31)22-14-21(25-16-26-22)23-19-13-18(33-24(2)5-6-24)3-4-20(19)27-28-23/h3-4,10,13-14,16-17H,5-9,11-12,15H2,1-2H3,(H,27,28). The average molecular weight is 451 g/mol. The lowest BCUT2D eigenvalue weighted by molar-refractivity contribution is -0.112. The Morgan fingerprint density at radius 2 is 2.12 bits per heavy atom. The van der Waals surface area contributed by atoms with E-state index in [0.29, 0.717) is 12.6 Å². The molecule has 1 aliphatic carbocycles. The molecule has 1 aromatic carbocycles. The van der Waals surface area contributed by atoms with Gasteiger partial charge in [-0.3, -0.25) is 10.00 Å². The van der Waals surface area contributed by atoms with Gasteiger partial charge in [0.1, 0.15) is 42.1 Å². The minimum atomic E-state index is -0.0287. The van der Waals surface area contributed by atoms with Gasteiger partial charge in [0.15, 0.2) is 0 Å². The van der Waals surface area contributed by atoms with E-state index in [2.05, 4.69) is 43.8 Å². The number of rotatable bonds is 9. The predicted molar refractivity (Wildman–Crippen MR) is 126 cm³/mol. The first-order valence-corrected chi connectivity index (χ1v) is 11.5. The molecule has 1 saturated carbocycles. The van der Waals surface area contributed by atoms with Crippen LogP contribution in [0.5, 0.6) is 5.75 Å². The molecule has 2 aliphatic rings. The third-order valence-corrected chi connectivity index (χ3v) is 6.55. The molecule has 1 atom stereocenters. The SMILES string of the molecule is CC1CN(c2cc(-c3n[nH]c4ccc(OC5(C)CC5)cc34)ncn2)CCN1CCOCC=O. The van der Waals surface area contributed by atoms with E-state index in [9.17, 15) is 4.79 Å². The lowest BCUT2D eigenvalue weighted by Gasteiger charge is -2.40. The molecular formula is C24H30N6O3. The molecule has 9 nitrogen and oxygen atoms in total. The zero-order chi connectivity index (χ0) is 22.8. The molecule has 33 heavy (non-hydrogen) atoms. The molecule has 2 fully saturated rings. The van der Waals surface area contributed by atoms with Crippen molar-refractivity contribution in [2.45, 2.75) is 38.3 Å². The van der Waals surface area contributed by atoms with Gasteiger partial charge in [-0.1, -0.05) is 0 Å². The van der Waals surface area contributed by atoms with Crippen LogP contribution in [0.25, 0.3) is 22.3 Å². The number of aromatic nitrogens is 4. The van der Waals surface area contributed by atoms with Gasteiger partial charge in [-0.25, -0.2) is 9.97 Å². The average Bonchev–Trinajstić information content (AvgIpc) is 3.39. The Morgan fingerprint density at radius 1 is 1.24 bits per heavy atom. The number of hydrogen-bond acceptors (Lipinski definition) is 8. The number of carbonyl (C=O) groups excluding carboxylic acids is 1. The smallest absolute Gasteiger partial charge is 0.145 e. The summed E-state index contributed by atoms with van der Waals surface area (Å²) in [6.07, 6.45) is 4.59. The fourth-order valence-electron chi connectivity index (χ4n) is 4.31. The minimum Gasteiger partial charge on any atom is -0.488 e. The number of anilines is 1. The third kappa shape index (κ3) is 4.84. The summed E-state index contributed by atoms with van der Waals surface area (Å²) in [6, 6.07) is 8.42. The van der Waals surface area contributed by atoms with Gasteiger partial charge in [0.25, 0.3) is 0 Å². The second-order valence-electron chi connectivity index (χ2n) is 9.17. The molecule has 3 aromatic rings. The maximum absolute atomic E-state index is 10.4. The number of H-pyrrole nitrogens is 1. The molecule has 2 aromatic heterocycles. The van der Waals surface area contributed by atoms with Crippen LogP contribution in [0.3, 0.4) is 0 Å². The van der Waals surface area contributed by atoms with Crippen LogP contribution in [0.15, 0.2) is 30.6 Å². The van der Waals surface area contributed by atoms with Crippen molar-refractivity contribution >= 4 is 23.0 Å². The van der Waals surface area contributed by atoms with E-state index in [4.69, 9.17) is 9.47 Å². The largest absolute Gasteiger partial charge is 0.488 e. The van der Waals surface area contributed by atoms with Crippen LogP contribution in [-0.2, 0) is 9.53 Å². The van der Waals surface area contributed by atoms with E-state index >= 15 is 0 Å². The third-order valence-electron chi connectivity index (χ3n) is 6.55. The van der Waals surface area contributed by atoms with Crippen LogP contribution in [0.1, 0.15) is 26.7 Å². The number of aromatic amines is 1. The van der Waals surface area contributed by atoms with Crippen LogP contribution in [0.4, 0.5) is 5.82 Å². The van der Waals surface area contributed by atoms with Crippen molar-refractivity contribution < 1.29 is 14.3 Å². The molecule has 0 spiro atoms. The Balaban J connectivity index is 1.31. The zero-order valence-electron chi connectivity index (χ0n) is 19.2. The van der Waals surface area contributed by atoms with Gasteiger partial charge in [0.2, 0.25) is 0 Å². The highest BCUT2D eigenvalue weighted by atomic mass is 16.5. The monoisotopic (exact) mass is 450 g/mol. The van der Waals surface area contributed by atoms with Gasteiger partial charge in [0, 0.05) is 43.7 Å². The van der Waals surface area contributed by atoms with E-state index < -0.39 is 0 Å². The van der Waals surface area contributed by atoms with Crippen LogP contribution in [0.2, 0.25) is 0 Å². The first-order valence-electron chi connectivity index (χ1n) is 11.5. The van der Waals surface area contributed by atoms with Crippen molar-refractivity contribution in [3.8, 4) is 17.1 Å². The first-order chi connectivity index (χ1) is 16.0. The van der Waals surface area contributed by atoms with Gasteiger partial charge in [-0.05, 0) is 44.9 Å². The molecular weight excluding hydrogens is 420 g/mol. The Hall–Kier alpha value is -3.04. The molecule has 1 aliphatic heterocycles. The summed E-state index contributed by atoms with van der Waals surface area (Å²) in [4.78, 5) is 24.1. The number of aldehydes is 1. The van der Waals surface area contributed by atoms with Crippen molar-refractivity contribution in [3.05, 3.63) is 30.6 Å². The molecule has 1 N–H and O–H groups in total. The number of piperazine rings is 1. The van der Waals surface area contributed by atoms with Crippen molar-refractivity contribution in [2.24, 2.45) is 0 Å². The summed E-state index contributed by atoms with van der Waals surface area (Å²) in [5.74, 6) is 1.76. The molecule has 9 heteroatoms. The first kappa shape index (κ1) is 21.8.